The molecular formula is C19H12ClN5O3S. The molecule has 2 aromatic carbocycles. The molecule has 2 heterocycles. The van der Waals surface area contributed by atoms with Crippen molar-refractivity contribution in [1.82, 2.24) is 19.8 Å². The normalized spacial score (nSPS) is 10.9. The number of nitro groups is 1. The first-order chi connectivity index (χ1) is 14.0. The number of hydrogen-bond acceptors (Lipinski definition) is 7. The Morgan fingerprint density at radius 3 is 2.66 bits per heavy atom. The van der Waals surface area contributed by atoms with Crippen molar-refractivity contribution in [3.8, 4) is 11.3 Å². The first-order valence-electron chi connectivity index (χ1n) is 8.40. The van der Waals surface area contributed by atoms with Gasteiger partial charge in [-0.05, 0) is 36.4 Å². The van der Waals surface area contributed by atoms with Gasteiger partial charge in [0.25, 0.3) is 5.69 Å². The Hall–Kier alpha value is -3.30. The summed E-state index contributed by atoms with van der Waals surface area (Å²) in [7, 11) is 0. The van der Waals surface area contributed by atoms with Crippen LogP contribution in [0.5, 0.6) is 0 Å². The lowest BCUT2D eigenvalue weighted by molar-refractivity contribution is -0.384. The Morgan fingerprint density at radius 1 is 1.10 bits per heavy atom. The topological polar surface area (TPSA) is 103 Å². The zero-order chi connectivity index (χ0) is 20.4. The molecule has 0 aliphatic heterocycles. The molecule has 0 unspecified atom stereocenters. The van der Waals surface area contributed by atoms with E-state index in [-0.39, 0.29) is 17.2 Å². The number of carbonyl (C=O) groups is 1. The molecule has 0 fully saturated rings. The molecule has 0 atom stereocenters. The highest BCUT2D eigenvalue weighted by Crippen LogP contribution is 2.24. The SMILES string of the molecule is O=C(CSc1nnc2ccc(-c3cccc([N+](=O)[O-])c3)nn12)c1ccc(Cl)cc1. The van der Waals surface area contributed by atoms with Gasteiger partial charge in [0.1, 0.15) is 0 Å². The van der Waals surface area contributed by atoms with Crippen LogP contribution in [0, 0.1) is 10.1 Å². The zero-order valence-corrected chi connectivity index (χ0v) is 16.3. The number of halogens is 1. The van der Waals surface area contributed by atoms with Crippen LogP contribution in [0.25, 0.3) is 16.9 Å². The second-order valence-corrected chi connectivity index (χ2v) is 7.38. The Labute approximate surface area is 173 Å². The third-order valence-corrected chi connectivity index (χ3v) is 5.26. The molecule has 10 heteroatoms. The van der Waals surface area contributed by atoms with Crippen LogP contribution >= 0.6 is 23.4 Å². The average molecular weight is 426 g/mol. The molecule has 8 nitrogen and oxygen atoms in total. The number of Topliss-reactive ketones (excluding diaryl/α,β-unsaturated/α-hetero) is 1. The Kier molecular flexibility index (Phi) is 5.24. The van der Waals surface area contributed by atoms with Crippen LogP contribution < -0.4 is 0 Å². The van der Waals surface area contributed by atoms with Crippen LogP contribution in [-0.2, 0) is 0 Å². The molecule has 29 heavy (non-hydrogen) atoms. The van der Waals surface area contributed by atoms with E-state index in [2.05, 4.69) is 15.3 Å². The number of non-ortho nitro benzene ring substituents is 1. The third-order valence-electron chi connectivity index (χ3n) is 4.09. The molecule has 0 aliphatic carbocycles. The molecule has 0 spiro atoms. The molecule has 4 rings (SSSR count). The van der Waals surface area contributed by atoms with Gasteiger partial charge in [-0.25, -0.2) is 0 Å². The van der Waals surface area contributed by atoms with Crippen molar-refractivity contribution in [2.24, 2.45) is 0 Å². The van der Waals surface area contributed by atoms with Crippen LogP contribution in [0.2, 0.25) is 5.02 Å². The van der Waals surface area contributed by atoms with Crippen molar-refractivity contribution in [1.29, 1.82) is 0 Å². The van der Waals surface area contributed by atoms with E-state index in [4.69, 9.17) is 11.6 Å². The highest BCUT2D eigenvalue weighted by molar-refractivity contribution is 7.99. The van der Waals surface area contributed by atoms with Crippen LogP contribution in [-0.4, -0.2) is 36.3 Å². The summed E-state index contributed by atoms with van der Waals surface area (Å²) in [6, 6.07) is 16.3. The predicted octanol–water partition coefficient (Wildman–Crippen LogP) is 4.33. The van der Waals surface area contributed by atoms with Gasteiger partial charge in [-0.2, -0.15) is 9.61 Å². The lowest BCUT2D eigenvalue weighted by Crippen LogP contribution is -2.04. The summed E-state index contributed by atoms with van der Waals surface area (Å²) in [5.41, 5.74) is 2.19. The lowest BCUT2D eigenvalue weighted by Gasteiger charge is -2.03. The van der Waals surface area contributed by atoms with Gasteiger partial charge in [0, 0.05) is 28.3 Å². The smallest absolute Gasteiger partial charge is 0.270 e. The molecular weight excluding hydrogens is 414 g/mol. The van der Waals surface area contributed by atoms with Gasteiger partial charge in [-0.1, -0.05) is 35.5 Å². The van der Waals surface area contributed by atoms with E-state index in [9.17, 15) is 14.9 Å². The number of rotatable bonds is 6. The van der Waals surface area contributed by atoms with Gasteiger partial charge < -0.3 is 0 Å². The summed E-state index contributed by atoms with van der Waals surface area (Å²) >= 11 is 7.06. The molecule has 0 N–H and O–H groups in total. The van der Waals surface area contributed by atoms with E-state index in [0.29, 0.717) is 32.6 Å². The Balaban J connectivity index is 1.59. The van der Waals surface area contributed by atoms with Gasteiger partial charge >= 0.3 is 0 Å². The van der Waals surface area contributed by atoms with Crippen LogP contribution in [0.4, 0.5) is 5.69 Å². The monoisotopic (exact) mass is 425 g/mol. The maximum Gasteiger partial charge on any atom is 0.270 e. The van der Waals surface area contributed by atoms with Crippen molar-refractivity contribution in [2.75, 3.05) is 5.75 Å². The number of aromatic nitrogens is 4. The summed E-state index contributed by atoms with van der Waals surface area (Å²) in [6.45, 7) is 0. The molecule has 0 radical (unpaired) electrons. The average Bonchev–Trinajstić information content (AvgIpc) is 3.15. The van der Waals surface area contributed by atoms with Gasteiger partial charge in [0.2, 0.25) is 5.16 Å². The van der Waals surface area contributed by atoms with Crippen molar-refractivity contribution in [3.63, 3.8) is 0 Å². The first kappa shape index (κ1) is 19.0. The lowest BCUT2D eigenvalue weighted by atomic mass is 10.1. The van der Waals surface area contributed by atoms with Gasteiger partial charge in [0.15, 0.2) is 11.4 Å². The minimum Gasteiger partial charge on any atom is -0.293 e. The summed E-state index contributed by atoms with van der Waals surface area (Å²) in [4.78, 5) is 22.9. The predicted molar refractivity (Wildman–Crippen MR) is 109 cm³/mol. The minimum atomic E-state index is -0.454. The number of hydrogen-bond donors (Lipinski definition) is 0. The molecule has 2 aromatic heterocycles. The molecule has 0 saturated heterocycles. The zero-order valence-electron chi connectivity index (χ0n) is 14.7. The van der Waals surface area contributed by atoms with Gasteiger partial charge in [-0.3, -0.25) is 14.9 Å². The van der Waals surface area contributed by atoms with Crippen molar-refractivity contribution in [3.05, 3.63) is 81.4 Å². The second kappa shape index (κ2) is 7.98. The van der Waals surface area contributed by atoms with Crippen LogP contribution in [0.15, 0.2) is 65.8 Å². The first-order valence-corrected chi connectivity index (χ1v) is 9.76. The van der Waals surface area contributed by atoms with E-state index in [1.165, 1.54) is 28.4 Å². The third kappa shape index (κ3) is 4.10. The maximum atomic E-state index is 12.4. The summed E-state index contributed by atoms with van der Waals surface area (Å²) in [6.07, 6.45) is 0. The number of nitro benzene ring substituents is 1. The number of benzene rings is 2. The fourth-order valence-corrected chi connectivity index (χ4v) is 3.55. The molecule has 4 aromatic rings. The van der Waals surface area contributed by atoms with Crippen molar-refractivity contribution in [2.45, 2.75) is 5.16 Å². The van der Waals surface area contributed by atoms with Crippen molar-refractivity contribution >= 4 is 40.5 Å². The maximum absolute atomic E-state index is 12.4. The summed E-state index contributed by atoms with van der Waals surface area (Å²) < 4.78 is 1.52. The summed E-state index contributed by atoms with van der Waals surface area (Å²) in [5, 5.41) is 24.7. The highest BCUT2D eigenvalue weighted by atomic mass is 35.5. The highest BCUT2D eigenvalue weighted by Gasteiger charge is 2.14. The summed E-state index contributed by atoms with van der Waals surface area (Å²) in [5.74, 6) is 0.0868. The number of ketones is 1. The standard InChI is InChI=1S/C19H12ClN5O3S/c20-14-6-4-12(5-7-14)17(26)11-29-19-22-21-18-9-8-16(23-24(18)19)13-2-1-3-15(10-13)25(27)28/h1-10H,11H2. The fraction of sp³-hybridized carbons (Fsp3) is 0.0526. The number of carbonyl (C=O) groups excluding carboxylic acids is 1. The number of thioether (sulfide) groups is 1. The quantitative estimate of drug-likeness (QED) is 0.196. The van der Waals surface area contributed by atoms with E-state index < -0.39 is 4.92 Å². The van der Waals surface area contributed by atoms with Crippen LogP contribution in [0.3, 0.4) is 0 Å². The minimum absolute atomic E-state index is 0.0173. The fourth-order valence-electron chi connectivity index (χ4n) is 2.64. The van der Waals surface area contributed by atoms with Gasteiger partial charge in [0.05, 0.1) is 16.4 Å². The molecule has 0 aliphatic rings. The van der Waals surface area contributed by atoms with Crippen LogP contribution in [0.1, 0.15) is 10.4 Å². The van der Waals surface area contributed by atoms with E-state index in [1.54, 1.807) is 48.5 Å². The van der Waals surface area contributed by atoms with E-state index in [1.807, 2.05) is 0 Å². The molecule has 0 saturated carbocycles. The molecule has 0 amide bonds. The second-order valence-electron chi connectivity index (χ2n) is 6.00. The molecule has 0 bridgehead atoms. The number of fused-ring (bicyclic) bond motifs is 1. The number of nitrogens with zero attached hydrogens (tertiary/aromatic N) is 5. The largest absolute Gasteiger partial charge is 0.293 e. The van der Waals surface area contributed by atoms with Crippen molar-refractivity contribution < 1.29 is 9.72 Å². The Bertz CT molecular complexity index is 1230. The Morgan fingerprint density at radius 2 is 1.90 bits per heavy atom. The molecule has 144 valence electrons. The van der Waals surface area contributed by atoms with Gasteiger partial charge in [-0.15, -0.1) is 10.2 Å². The van der Waals surface area contributed by atoms with E-state index >= 15 is 0 Å². The van der Waals surface area contributed by atoms with E-state index in [0.717, 1.165) is 0 Å².